The molecule has 3 aromatic rings. The zero-order valence-corrected chi connectivity index (χ0v) is 14.7. The Labute approximate surface area is 151 Å². The molecule has 0 aliphatic rings. The molecule has 4 nitrogen and oxygen atoms in total. The summed E-state index contributed by atoms with van der Waals surface area (Å²) in [5.41, 5.74) is 1.47. The number of carbonyl (C=O) groups is 1. The highest BCUT2D eigenvalue weighted by molar-refractivity contribution is 7.81. The van der Waals surface area contributed by atoms with Gasteiger partial charge in [0.15, 0.2) is 4.99 Å². The van der Waals surface area contributed by atoms with E-state index in [-0.39, 0.29) is 0 Å². The fourth-order valence-corrected chi connectivity index (χ4v) is 2.91. The predicted octanol–water partition coefficient (Wildman–Crippen LogP) is 4.51. The molecule has 0 spiro atoms. The van der Waals surface area contributed by atoms with Crippen LogP contribution in [0.4, 0.5) is 5.69 Å². The molecule has 0 saturated carbocycles. The topological polar surface area (TPSA) is 38.8 Å². The molecule has 3 rings (SSSR count). The van der Waals surface area contributed by atoms with E-state index in [1.165, 1.54) is 12.0 Å². The summed E-state index contributed by atoms with van der Waals surface area (Å²) in [7, 11) is 1.62. The van der Waals surface area contributed by atoms with Crippen molar-refractivity contribution in [3.8, 4) is 5.75 Å². The van der Waals surface area contributed by atoms with E-state index in [1.807, 2.05) is 66.7 Å². The zero-order valence-electron chi connectivity index (χ0n) is 13.9. The first-order valence-corrected chi connectivity index (χ1v) is 8.16. The van der Waals surface area contributed by atoms with Crippen LogP contribution in [0.15, 0.2) is 66.7 Å². The number of ether oxygens (including phenoxy) is 1. The van der Waals surface area contributed by atoms with Crippen molar-refractivity contribution in [1.29, 1.82) is 0 Å². The van der Waals surface area contributed by atoms with Gasteiger partial charge in [-0.15, -0.1) is 0 Å². The second-order valence-corrected chi connectivity index (χ2v) is 5.77. The molecule has 0 amide bonds. The second-order valence-electron chi connectivity index (χ2n) is 5.38. The van der Waals surface area contributed by atoms with Crippen LogP contribution < -0.4 is 9.80 Å². The maximum atomic E-state index is 11.7. The van der Waals surface area contributed by atoms with Gasteiger partial charge >= 0.3 is 5.97 Å². The summed E-state index contributed by atoms with van der Waals surface area (Å²) in [5.74, 6) is 0.297. The van der Waals surface area contributed by atoms with E-state index in [4.69, 9.17) is 21.8 Å². The number of anilines is 1. The molecule has 0 heterocycles. The average molecular weight is 351 g/mol. The van der Waals surface area contributed by atoms with Crippen molar-refractivity contribution >= 4 is 39.6 Å². The van der Waals surface area contributed by atoms with Gasteiger partial charge in [-0.3, -0.25) is 0 Å². The third-order valence-corrected chi connectivity index (χ3v) is 4.13. The van der Waals surface area contributed by atoms with Crippen LogP contribution in [0, 0.1) is 0 Å². The molecule has 0 aliphatic heterocycles. The van der Waals surface area contributed by atoms with Crippen LogP contribution in [-0.2, 0) is 9.63 Å². The second kappa shape index (κ2) is 7.32. The Hall–Kier alpha value is -2.92. The molecule has 0 unspecified atom stereocenters. The summed E-state index contributed by atoms with van der Waals surface area (Å²) in [6, 6.07) is 20.9. The monoisotopic (exact) mass is 351 g/mol. The first-order valence-electron chi connectivity index (χ1n) is 7.75. The Morgan fingerprint density at radius 1 is 0.920 bits per heavy atom. The van der Waals surface area contributed by atoms with E-state index >= 15 is 0 Å². The molecular formula is C20H17NO3S. The van der Waals surface area contributed by atoms with Gasteiger partial charge in [-0.05, 0) is 12.1 Å². The van der Waals surface area contributed by atoms with Crippen LogP contribution in [0.2, 0.25) is 0 Å². The fraction of sp³-hybridized carbons (Fsp3) is 0.100. The summed E-state index contributed by atoms with van der Waals surface area (Å²) in [4.78, 5) is 17.5. The Morgan fingerprint density at radius 3 is 2.20 bits per heavy atom. The minimum absolute atomic E-state index is 0.408. The standard InChI is InChI=1S/C20H17NO3S/c1-14(22)24-21(20(25)15-8-4-3-5-9-15)18-12-13-19(23-2)17-11-7-6-10-16(17)18/h3-13H,1-2H3. The number of hydrogen-bond acceptors (Lipinski definition) is 4. The van der Waals surface area contributed by atoms with Gasteiger partial charge in [-0.25, -0.2) is 4.79 Å². The van der Waals surface area contributed by atoms with Crippen molar-refractivity contribution in [3.63, 3.8) is 0 Å². The third kappa shape index (κ3) is 3.46. The minimum Gasteiger partial charge on any atom is -0.496 e. The molecule has 0 N–H and O–H groups in total. The van der Waals surface area contributed by atoms with Crippen molar-refractivity contribution in [3.05, 3.63) is 72.3 Å². The smallest absolute Gasteiger partial charge is 0.329 e. The molecule has 5 heteroatoms. The van der Waals surface area contributed by atoms with E-state index in [2.05, 4.69) is 0 Å². The fourth-order valence-electron chi connectivity index (χ4n) is 2.64. The van der Waals surface area contributed by atoms with E-state index < -0.39 is 5.97 Å². The lowest BCUT2D eigenvalue weighted by molar-refractivity contribution is -0.140. The largest absolute Gasteiger partial charge is 0.496 e. The van der Waals surface area contributed by atoms with Gasteiger partial charge in [0, 0.05) is 23.3 Å². The molecule has 0 atom stereocenters. The number of benzene rings is 3. The summed E-state index contributed by atoms with van der Waals surface area (Å²) >= 11 is 5.58. The highest BCUT2D eigenvalue weighted by Gasteiger charge is 2.20. The van der Waals surface area contributed by atoms with Crippen molar-refractivity contribution < 1.29 is 14.4 Å². The predicted molar refractivity (Wildman–Crippen MR) is 103 cm³/mol. The van der Waals surface area contributed by atoms with Gasteiger partial charge in [0.05, 0.1) is 12.8 Å². The number of hydrogen-bond donors (Lipinski definition) is 0. The van der Waals surface area contributed by atoms with E-state index in [0.29, 0.717) is 10.7 Å². The third-order valence-electron chi connectivity index (χ3n) is 3.72. The average Bonchev–Trinajstić information content (AvgIpc) is 2.65. The lowest BCUT2D eigenvalue weighted by Crippen LogP contribution is -2.32. The Morgan fingerprint density at radius 2 is 1.56 bits per heavy atom. The van der Waals surface area contributed by atoms with Crippen molar-refractivity contribution in [2.45, 2.75) is 6.92 Å². The maximum Gasteiger partial charge on any atom is 0.329 e. The van der Waals surface area contributed by atoms with Crippen LogP contribution in [0.3, 0.4) is 0 Å². The van der Waals surface area contributed by atoms with Crippen molar-refractivity contribution in [2.24, 2.45) is 0 Å². The Bertz CT molecular complexity index is 925. The van der Waals surface area contributed by atoms with Gasteiger partial charge in [0.2, 0.25) is 0 Å². The van der Waals surface area contributed by atoms with Gasteiger partial charge in [0.1, 0.15) is 5.75 Å². The van der Waals surface area contributed by atoms with Crippen LogP contribution in [0.25, 0.3) is 10.8 Å². The number of rotatable bonds is 3. The van der Waals surface area contributed by atoms with Gasteiger partial charge in [0.25, 0.3) is 0 Å². The molecule has 25 heavy (non-hydrogen) atoms. The number of carbonyl (C=O) groups excluding carboxylic acids is 1. The highest BCUT2D eigenvalue weighted by atomic mass is 32.1. The molecule has 126 valence electrons. The van der Waals surface area contributed by atoms with Gasteiger partial charge in [-0.2, -0.15) is 5.06 Å². The van der Waals surface area contributed by atoms with Crippen LogP contribution in [0.1, 0.15) is 12.5 Å². The summed E-state index contributed by atoms with van der Waals surface area (Å²) < 4.78 is 5.43. The molecule has 0 bridgehead atoms. The molecule has 0 aromatic heterocycles. The Kier molecular flexibility index (Phi) is 4.95. The number of fused-ring (bicyclic) bond motifs is 1. The lowest BCUT2D eigenvalue weighted by atomic mass is 10.1. The summed E-state index contributed by atoms with van der Waals surface area (Å²) in [6.07, 6.45) is 0. The molecule has 0 saturated heterocycles. The molecular weight excluding hydrogens is 334 g/mol. The number of methoxy groups -OCH3 is 1. The summed E-state index contributed by atoms with van der Waals surface area (Å²) in [6.45, 7) is 1.35. The first kappa shape index (κ1) is 16.9. The normalized spacial score (nSPS) is 10.3. The molecule has 0 aliphatic carbocycles. The van der Waals surface area contributed by atoms with Crippen LogP contribution >= 0.6 is 12.2 Å². The van der Waals surface area contributed by atoms with Crippen molar-refractivity contribution in [2.75, 3.05) is 12.2 Å². The molecule has 0 radical (unpaired) electrons. The van der Waals surface area contributed by atoms with Crippen LogP contribution in [-0.4, -0.2) is 18.1 Å². The SMILES string of the molecule is COc1ccc(N(OC(C)=O)C(=S)c2ccccc2)c2ccccc12. The summed E-state index contributed by atoms with van der Waals surface area (Å²) in [5, 5.41) is 3.19. The highest BCUT2D eigenvalue weighted by Crippen LogP contribution is 2.34. The maximum absolute atomic E-state index is 11.7. The van der Waals surface area contributed by atoms with E-state index in [9.17, 15) is 4.79 Å². The van der Waals surface area contributed by atoms with Gasteiger partial charge in [-0.1, -0.05) is 66.8 Å². The number of hydroxylamine groups is 1. The quantitative estimate of drug-likeness (QED) is 0.513. The lowest BCUT2D eigenvalue weighted by Gasteiger charge is -2.25. The zero-order chi connectivity index (χ0) is 17.8. The first-order chi connectivity index (χ1) is 12.1. The number of thiocarbonyl (C=S) groups is 1. The van der Waals surface area contributed by atoms with E-state index in [1.54, 1.807) is 7.11 Å². The van der Waals surface area contributed by atoms with E-state index in [0.717, 1.165) is 22.1 Å². The minimum atomic E-state index is -0.446. The number of nitrogens with zero attached hydrogens (tertiary/aromatic N) is 1. The van der Waals surface area contributed by atoms with Crippen LogP contribution in [0.5, 0.6) is 5.75 Å². The van der Waals surface area contributed by atoms with Gasteiger partial charge < -0.3 is 9.57 Å². The molecule has 0 fully saturated rings. The van der Waals surface area contributed by atoms with Crippen molar-refractivity contribution in [1.82, 2.24) is 0 Å². The Balaban J connectivity index is 2.16. The molecule has 3 aromatic carbocycles.